The maximum absolute atomic E-state index is 11.8. The quantitative estimate of drug-likeness (QED) is 0.526. The molecular weight excluding hydrogens is 320 g/mol. The fourth-order valence-corrected chi connectivity index (χ4v) is 2.02. The molecule has 0 radical (unpaired) electrons. The van der Waals surface area contributed by atoms with Gasteiger partial charge in [0.15, 0.2) is 5.96 Å². The Kier molecular flexibility index (Phi) is 6.65. The Labute approximate surface area is 146 Å². The molecule has 7 heteroatoms. The molecule has 0 aromatic heterocycles. The van der Waals surface area contributed by atoms with E-state index in [1.807, 2.05) is 36.4 Å². The van der Waals surface area contributed by atoms with E-state index < -0.39 is 0 Å². The summed E-state index contributed by atoms with van der Waals surface area (Å²) in [6.45, 7) is 0.370. The van der Waals surface area contributed by atoms with Gasteiger partial charge in [0.2, 0.25) is 5.91 Å². The molecule has 0 bridgehead atoms. The molecule has 0 aliphatic heterocycles. The number of carbonyl (C=O) groups excluding carboxylic acids is 1. The third-order valence-corrected chi connectivity index (χ3v) is 3.40. The summed E-state index contributed by atoms with van der Waals surface area (Å²) in [6, 6.07) is 14.7. The number of nitrogens with one attached hydrogen (secondary N) is 2. The van der Waals surface area contributed by atoms with Gasteiger partial charge < -0.3 is 25.8 Å². The van der Waals surface area contributed by atoms with Crippen molar-refractivity contribution in [3.8, 4) is 11.5 Å². The lowest BCUT2D eigenvalue weighted by Gasteiger charge is -2.07. The molecule has 0 saturated carbocycles. The van der Waals surface area contributed by atoms with Gasteiger partial charge in [-0.05, 0) is 42.0 Å². The van der Waals surface area contributed by atoms with Crippen LogP contribution in [0, 0.1) is 0 Å². The molecule has 0 aliphatic rings. The zero-order chi connectivity index (χ0) is 18.1. The lowest BCUT2D eigenvalue weighted by atomic mass is 10.2. The van der Waals surface area contributed by atoms with Gasteiger partial charge in [0.1, 0.15) is 18.0 Å². The second-order valence-corrected chi connectivity index (χ2v) is 5.18. The molecule has 0 unspecified atom stereocenters. The number of benzene rings is 2. The van der Waals surface area contributed by atoms with Gasteiger partial charge in [-0.25, -0.2) is 4.99 Å². The van der Waals surface area contributed by atoms with Gasteiger partial charge >= 0.3 is 0 Å². The predicted octanol–water partition coefficient (Wildman–Crippen LogP) is 1.75. The van der Waals surface area contributed by atoms with Crippen LogP contribution < -0.4 is 25.8 Å². The van der Waals surface area contributed by atoms with E-state index in [0.717, 1.165) is 22.7 Å². The van der Waals surface area contributed by atoms with Crippen LogP contribution >= 0.6 is 0 Å². The van der Waals surface area contributed by atoms with Gasteiger partial charge in [-0.15, -0.1) is 0 Å². The lowest BCUT2D eigenvalue weighted by Crippen LogP contribution is -2.28. The van der Waals surface area contributed by atoms with Crippen molar-refractivity contribution in [3.63, 3.8) is 0 Å². The van der Waals surface area contributed by atoms with Crippen LogP contribution in [0.3, 0.4) is 0 Å². The molecule has 0 fully saturated rings. The van der Waals surface area contributed by atoms with Crippen LogP contribution in [0.1, 0.15) is 5.56 Å². The van der Waals surface area contributed by atoms with Crippen molar-refractivity contribution in [1.29, 1.82) is 0 Å². The molecule has 0 heterocycles. The summed E-state index contributed by atoms with van der Waals surface area (Å²) in [6.07, 6.45) is 0. The average Bonchev–Trinajstić information content (AvgIpc) is 2.65. The van der Waals surface area contributed by atoms with E-state index >= 15 is 0 Å². The first-order chi connectivity index (χ1) is 12.1. The van der Waals surface area contributed by atoms with Gasteiger partial charge in [0.25, 0.3) is 0 Å². The van der Waals surface area contributed by atoms with E-state index in [1.165, 1.54) is 0 Å². The van der Waals surface area contributed by atoms with Crippen LogP contribution in [0.15, 0.2) is 53.5 Å². The molecule has 2 aromatic carbocycles. The van der Waals surface area contributed by atoms with Crippen molar-refractivity contribution in [2.24, 2.45) is 10.7 Å². The van der Waals surface area contributed by atoms with Crippen molar-refractivity contribution < 1.29 is 14.3 Å². The Morgan fingerprint density at radius 2 is 1.56 bits per heavy atom. The molecular formula is C18H22N4O3. The van der Waals surface area contributed by atoms with E-state index in [2.05, 4.69) is 15.6 Å². The SMILES string of the molecule is COc1ccc(CNC(=O)CN=C(N)Nc2ccc(OC)cc2)cc1. The Hall–Kier alpha value is -3.22. The van der Waals surface area contributed by atoms with Crippen molar-refractivity contribution in [1.82, 2.24) is 5.32 Å². The van der Waals surface area contributed by atoms with Crippen LogP contribution in [0.4, 0.5) is 5.69 Å². The number of aliphatic imine (C=N–C) groups is 1. The van der Waals surface area contributed by atoms with E-state index in [0.29, 0.717) is 6.54 Å². The maximum Gasteiger partial charge on any atom is 0.242 e. The zero-order valence-corrected chi connectivity index (χ0v) is 14.3. The Bertz CT molecular complexity index is 712. The molecule has 2 rings (SSSR count). The smallest absolute Gasteiger partial charge is 0.242 e. The highest BCUT2D eigenvalue weighted by atomic mass is 16.5. The summed E-state index contributed by atoms with van der Waals surface area (Å²) in [5, 5.41) is 5.70. The minimum atomic E-state index is -0.213. The normalized spacial score (nSPS) is 10.9. The van der Waals surface area contributed by atoms with E-state index in [9.17, 15) is 4.79 Å². The number of rotatable bonds is 7. The van der Waals surface area contributed by atoms with Crippen LogP contribution in [-0.2, 0) is 11.3 Å². The molecule has 132 valence electrons. The van der Waals surface area contributed by atoms with E-state index in [-0.39, 0.29) is 18.4 Å². The monoisotopic (exact) mass is 342 g/mol. The van der Waals surface area contributed by atoms with Gasteiger partial charge in [-0.3, -0.25) is 4.79 Å². The number of ether oxygens (including phenoxy) is 2. The highest BCUT2D eigenvalue weighted by Gasteiger charge is 2.02. The van der Waals surface area contributed by atoms with Crippen LogP contribution in [-0.4, -0.2) is 32.6 Å². The highest BCUT2D eigenvalue weighted by Crippen LogP contribution is 2.14. The Morgan fingerprint density at radius 1 is 1.00 bits per heavy atom. The zero-order valence-electron chi connectivity index (χ0n) is 14.3. The van der Waals surface area contributed by atoms with Gasteiger partial charge in [0.05, 0.1) is 14.2 Å². The van der Waals surface area contributed by atoms with E-state index in [1.54, 1.807) is 26.4 Å². The van der Waals surface area contributed by atoms with E-state index in [4.69, 9.17) is 15.2 Å². The summed E-state index contributed by atoms with van der Waals surface area (Å²) < 4.78 is 10.2. The molecule has 25 heavy (non-hydrogen) atoms. The van der Waals surface area contributed by atoms with Gasteiger partial charge in [-0.2, -0.15) is 0 Å². The van der Waals surface area contributed by atoms with Gasteiger partial charge in [-0.1, -0.05) is 12.1 Å². The number of anilines is 1. The molecule has 4 N–H and O–H groups in total. The third-order valence-electron chi connectivity index (χ3n) is 3.40. The number of amides is 1. The van der Waals surface area contributed by atoms with Crippen molar-refractivity contribution in [2.75, 3.05) is 26.1 Å². The number of hydrogen-bond donors (Lipinski definition) is 3. The number of nitrogens with zero attached hydrogens (tertiary/aromatic N) is 1. The topological polar surface area (TPSA) is 98.0 Å². The lowest BCUT2D eigenvalue weighted by molar-refractivity contribution is -0.119. The number of nitrogens with two attached hydrogens (primary N) is 1. The first-order valence-electron chi connectivity index (χ1n) is 7.71. The van der Waals surface area contributed by atoms with Crippen LogP contribution in [0.25, 0.3) is 0 Å². The van der Waals surface area contributed by atoms with Crippen molar-refractivity contribution in [3.05, 3.63) is 54.1 Å². The largest absolute Gasteiger partial charge is 0.497 e. The molecule has 2 aromatic rings. The third kappa shape index (κ3) is 6.06. The molecule has 0 spiro atoms. The summed E-state index contributed by atoms with van der Waals surface area (Å²) in [5.41, 5.74) is 7.52. The van der Waals surface area contributed by atoms with Crippen LogP contribution in [0.5, 0.6) is 11.5 Å². The maximum atomic E-state index is 11.8. The number of hydrogen-bond acceptors (Lipinski definition) is 4. The minimum Gasteiger partial charge on any atom is -0.497 e. The Morgan fingerprint density at radius 3 is 2.12 bits per heavy atom. The van der Waals surface area contributed by atoms with Crippen LogP contribution in [0.2, 0.25) is 0 Å². The first kappa shape index (κ1) is 18.1. The number of guanidine groups is 1. The highest BCUT2D eigenvalue weighted by molar-refractivity contribution is 5.93. The van der Waals surface area contributed by atoms with Crippen molar-refractivity contribution in [2.45, 2.75) is 6.54 Å². The molecule has 1 amide bonds. The molecule has 0 saturated heterocycles. The standard InChI is InChI=1S/C18H22N4O3/c1-24-15-7-3-13(4-8-15)11-20-17(23)12-21-18(19)22-14-5-9-16(25-2)10-6-14/h3-10H,11-12H2,1-2H3,(H,20,23)(H3,19,21,22). The predicted molar refractivity (Wildman–Crippen MR) is 97.9 cm³/mol. The summed E-state index contributed by atoms with van der Waals surface area (Å²) >= 11 is 0. The molecule has 0 atom stereocenters. The average molecular weight is 342 g/mol. The number of methoxy groups -OCH3 is 2. The molecule has 7 nitrogen and oxygen atoms in total. The Balaban J connectivity index is 1.77. The summed E-state index contributed by atoms with van der Waals surface area (Å²) in [7, 11) is 3.21. The van der Waals surface area contributed by atoms with Gasteiger partial charge in [0, 0.05) is 12.2 Å². The summed E-state index contributed by atoms with van der Waals surface area (Å²) in [5.74, 6) is 1.48. The second kappa shape index (κ2) is 9.17. The summed E-state index contributed by atoms with van der Waals surface area (Å²) in [4.78, 5) is 15.9. The number of carbonyl (C=O) groups is 1. The minimum absolute atomic E-state index is 0.0505. The second-order valence-electron chi connectivity index (χ2n) is 5.18. The molecule has 0 aliphatic carbocycles. The fraction of sp³-hybridized carbons (Fsp3) is 0.222. The van der Waals surface area contributed by atoms with Crippen molar-refractivity contribution >= 4 is 17.6 Å². The fourth-order valence-electron chi connectivity index (χ4n) is 2.02. The first-order valence-corrected chi connectivity index (χ1v) is 7.71.